The van der Waals surface area contributed by atoms with Crippen molar-refractivity contribution in [2.75, 3.05) is 31.3 Å². The number of carbonyl (C=O) groups excluding carboxylic acids is 2. The van der Waals surface area contributed by atoms with Gasteiger partial charge in [-0.3, -0.25) is 0 Å². The molecule has 0 saturated heterocycles. The lowest BCUT2D eigenvalue weighted by atomic mass is 9.82. The average molecular weight is 507 g/mol. The smallest absolute Gasteiger partial charge is 0.391 e. The molecule has 1 aliphatic carbocycles. The summed E-state index contributed by atoms with van der Waals surface area (Å²) in [5, 5.41) is 0. The van der Waals surface area contributed by atoms with Gasteiger partial charge in [-0.15, -0.1) is 0 Å². The quantitative estimate of drug-likeness (QED) is 0.213. The van der Waals surface area contributed by atoms with Gasteiger partial charge in [0.15, 0.2) is 0 Å². The van der Waals surface area contributed by atoms with Gasteiger partial charge in [-0.25, -0.2) is 9.59 Å². The fourth-order valence-electron chi connectivity index (χ4n) is 3.91. The molecule has 1 saturated carbocycles. The number of nitrogens with two attached hydrogens (primary N) is 2. The summed E-state index contributed by atoms with van der Waals surface area (Å²) >= 11 is 0. The van der Waals surface area contributed by atoms with Crippen LogP contribution in [0.4, 0.5) is 24.5 Å². The van der Waals surface area contributed by atoms with Crippen molar-refractivity contribution in [2.45, 2.75) is 31.9 Å². The molecule has 1 aliphatic rings. The third kappa shape index (κ3) is 8.51. The predicted molar refractivity (Wildman–Crippen MR) is 129 cm³/mol. The fraction of sp³-hybridized carbons (Fsp3) is 0.385. The van der Waals surface area contributed by atoms with Crippen LogP contribution in [0.25, 0.3) is 6.08 Å². The van der Waals surface area contributed by atoms with Crippen LogP contribution < -0.4 is 16.2 Å². The molecule has 10 heteroatoms. The average Bonchev–Trinajstić information content (AvgIpc) is 2.83. The normalized spacial score (nSPS) is 18.1. The summed E-state index contributed by atoms with van der Waals surface area (Å²) in [7, 11) is 0. The Balaban J connectivity index is 1.34. The lowest BCUT2D eigenvalue weighted by Gasteiger charge is -2.29. The largest absolute Gasteiger partial charge is 0.493 e. The number of benzene rings is 2. The molecule has 1 fully saturated rings. The van der Waals surface area contributed by atoms with Gasteiger partial charge in [-0.05, 0) is 73.6 Å². The summed E-state index contributed by atoms with van der Waals surface area (Å²) in [6.45, 7) is 0.128. The Morgan fingerprint density at radius 3 is 2.14 bits per heavy atom. The van der Waals surface area contributed by atoms with Crippen molar-refractivity contribution in [1.29, 1.82) is 0 Å². The van der Waals surface area contributed by atoms with Gasteiger partial charge in [0.25, 0.3) is 0 Å². The minimum Gasteiger partial charge on any atom is -0.493 e. The molecule has 36 heavy (non-hydrogen) atoms. The van der Waals surface area contributed by atoms with Gasteiger partial charge in [-0.1, -0.05) is 12.1 Å². The van der Waals surface area contributed by atoms with Gasteiger partial charge in [0.2, 0.25) is 0 Å². The Labute approximate surface area is 207 Å². The third-order valence-corrected chi connectivity index (χ3v) is 5.86. The predicted octanol–water partition coefficient (Wildman–Crippen LogP) is 5.01. The number of halogens is 3. The van der Waals surface area contributed by atoms with Gasteiger partial charge < -0.3 is 25.7 Å². The molecule has 0 heterocycles. The van der Waals surface area contributed by atoms with Crippen molar-refractivity contribution in [3.63, 3.8) is 0 Å². The van der Waals surface area contributed by atoms with Crippen molar-refractivity contribution in [1.82, 2.24) is 0 Å². The van der Waals surface area contributed by atoms with Crippen LogP contribution >= 0.6 is 0 Å². The van der Waals surface area contributed by atoms with Gasteiger partial charge in [-0.2, -0.15) is 13.2 Å². The van der Waals surface area contributed by atoms with E-state index in [0.717, 1.165) is 5.56 Å². The minimum atomic E-state index is -4.11. The molecule has 7 nitrogen and oxygen atoms in total. The van der Waals surface area contributed by atoms with E-state index in [0.29, 0.717) is 36.6 Å². The molecule has 194 valence electrons. The van der Waals surface area contributed by atoms with Crippen LogP contribution in [0.15, 0.2) is 48.5 Å². The molecule has 0 aromatic heterocycles. The summed E-state index contributed by atoms with van der Waals surface area (Å²) < 4.78 is 54.1. The second-order valence-corrected chi connectivity index (χ2v) is 8.66. The number of hydrogen-bond donors (Lipinski definition) is 2. The van der Waals surface area contributed by atoms with Crippen LogP contribution in [0.3, 0.4) is 0 Å². The zero-order valence-electron chi connectivity index (χ0n) is 19.6. The van der Waals surface area contributed by atoms with E-state index >= 15 is 0 Å². The van der Waals surface area contributed by atoms with E-state index in [-0.39, 0.29) is 37.5 Å². The first kappa shape index (κ1) is 26.9. The van der Waals surface area contributed by atoms with Gasteiger partial charge in [0.05, 0.1) is 18.1 Å². The molecular formula is C26H29F3N2O5. The van der Waals surface area contributed by atoms with Gasteiger partial charge in [0, 0.05) is 17.5 Å². The first-order valence-electron chi connectivity index (χ1n) is 11.6. The first-order valence-corrected chi connectivity index (χ1v) is 11.6. The Hall–Kier alpha value is -3.69. The number of anilines is 2. The maximum absolute atomic E-state index is 12.8. The monoisotopic (exact) mass is 506 g/mol. The molecule has 0 aliphatic heterocycles. The van der Waals surface area contributed by atoms with Crippen LogP contribution in [0.2, 0.25) is 0 Å². The lowest BCUT2D eigenvalue weighted by molar-refractivity contribution is -0.184. The molecular weight excluding hydrogens is 477 g/mol. The van der Waals surface area contributed by atoms with Crippen molar-refractivity contribution < 1.29 is 37.0 Å². The van der Waals surface area contributed by atoms with Crippen molar-refractivity contribution in [2.24, 2.45) is 11.8 Å². The van der Waals surface area contributed by atoms with Crippen molar-refractivity contribution in [3.05, 3.63) is 59.7 Å². The van der Waals surface area contributed by atoms with Crippen LogP contribution in [-0.4, -0.2) is 37.9 Å². The van der Waals surface area contributed by atoms with Gasteiger partial charge >= 0.3 is 18.1 Å². The second kappa shape index (κ2) is 12.3. The number of rotatable bonds is 9. The SMILES string of the molecule is Nc1cc(N)cc(C(=O)OCCOC(=O)/C=C/c2ccc(OCC3CCC(C(F)(F)F)CC3)cc2)c1. The summed E-state index contributed by atoms with van der Waals surface area (Å²) in [6.07, 6.45) is 0.000913. The number of ether oxygens (including phenoxy) is 3. The highest BCUT2D eigenvalue weighted by Crippen LogP contribution is 2.39. The molecule has 0 radical (unpaired) electrons. The zero-order chi connectivity index (χ0) is 26.1. The van der Waals surface area contributed by atoms with Crippen LogP contribution in [0.5, 0.6) is 5.75 Å². The second-order valence-electron chi connectivity index (χ2n) is 8.66. The minimum absolute atomic E-state index is 0.112. The van der Waals surface area contributed by atoms with E-state index in [9.17, 15) is 22.8 Å². The molecule has 0 unspecified atom stereocenters. The van der Waals surface area contributed by atoms with Crippen LogP contribution in [-0.2, 0) is 14.3 Å². The summed E-state index contributed by atoms with van der Waals surface area (Å²) in [5.41, 5.74) is 12.9. The molecule has 0 spiro atoms. The van der Waals surface area contributed by atoms with Crippen LogP contribution in [0, 0.1) is 11.8 Å². The summed E-state index contributed by atoms with van der Waals surface area (Å²) in [6, 6.07) is 11.3. The van der Waals surface area contributed by atoms with Crippen molar-refractivity contribution in [3.8, 4) is 5.75 Å². The number of esters is 2. The molecule has 0 amide bonds. The maximum atomic E-state index is 12.8. The number of alkyl halides is 3. The third-order valence-electron chi connectivity index (χ3n) is 5.86. The molecule has 2 aromatic carbocycles. The van der Waals surface area contributed by atoms with E-state index in [4.69, 9.17) is 25.7 Å². The topological polar surface area (TPSA) is 114 Å². The molecule has 2 aromatic rings. The lowest BCUT2D eigenvalue weighted by Crippen LogP contribution is -2.29. The van der Waals surface area contributed by atoms with E-state index in [2.05, 4.69) is 0 Å². The van der Waals surface area contributed by atoms with E-state index in [1.54, 1.807) is 30.3 Å². The Morgan fingerprint density at radius 1 is 0.917 bits per heavy atom. The zero-order valence-corrected chi connectivity index (χ0v) is 19.6. The van der Waals surface area contributed by atoms with E-state index < -0.39 is 24.0 Å². The summed E-state index contributed by atoms with van der Waals surface area (Å²) in [4.78, 5) is 23.9. The Morgan fingerprint density at radius 2 is 1.53 bits per heavy atom. The molecule has 3 rings (SSSR count). The fourth-order valence-corrected chi connectivity index (χ4v) is 3.91. The summed E-state index contributed by atoms with van der Waals surface area (Å²) in [5.74, 6) is -1.71. The van der Waals surface area contributed by atoms with E-state index in [1.807, 2.05) is 0 Å². The highest BCUT2D eigenvalue weighted by molar-refractivity contribution is 5.91. The van der Waals surface area contributed by atoms with Gasteiger partial charge in [0.1, 0.15) is 19.0 Å². The standard InChI is InChI=1S/C26H29F3N2O5/c27-26(28,29)20-6-1-18(2-7-20)16-36-23-8-3-17(4-9-23)5-10-24(32)34-11-12-35-25(33)19-13-21(30)15-22(31)14-19/h3-5,8-10,13-15,18,20H,1-2,6-7,11-12,16,30-31H2/b10-5+. The maximum Gasteiger partial charge on any atom is 0.391 e. The molecule has 4 N–H and O–H groups in total. The number of hydrogen-bond acceptors (Lipinski definition) is 7. The van der Waals surface area contributed by atoms with Crippen LogP contribution in [0.1, 0.15) is 41.6 Å². The Bertz CT molecular complexity index is 1040. The number of carbonyl (C=O) groups is 2. The van der Waals surface area contributed by atoms with E-state index in [1.165, 1.54) is 24.3 Å². The Kier molecular flexibility index (Phi) is 9.21. The molecule has 0 atom stereocenters. The highest BCUT2D eigenvalue weighted by atomic mass is 19.4. The van der Waals surface area contributed by atoms with Crippen molar-refractivity contribution >= 4 is 29.4 Å². The first-order chi connectivity index (χ1) is 17.1. The number of nitrogen functional groups attached to an aromatic ring is 2. The molecule has 0 bridgehead atoms. The highest BCUT2D eigenvalue weighted by Gasteiger charge is 2.41.